The van der Waals surface area contributed by atoms with Crippen molar-refractivity contribution >= 4 is 33.5 Å². The van der Waals surface area contributed by atoms with Crippen LogP contribution < -0.4 is 10.5 Å². The summed E-state index contributed by atoms with van der Waals surface area (Å²) >= 11 is 0. The van der Waals surface area contributed by atoms with Crippen molar-refractivity contribution in [2.45, 2.75) is 36.5 Å². The Hall–Kier alpha value is -2.47. The van der Waals surface area contributed by atoms with Crippen LogP contribution in [0, 0.1) is 0 Å². The molecule has 0 amide bonds. The Balaban J connectivity index is 0.00000306. The number of aromatic nitrogens is 2. The molecule has 6 nitrogen and oxygen atoms in total. The smallest absolute Gasteiger partial charge is 0.327 e. The molecule has 1 heterocycles. The number of rotatable bonds is 7. The largest absolute Gasteiger partial charge is 0.449 e. The minimum atomic E-state index is -4.82. The molecule has 3 N–H and O–H groups in total. The SMILES string of the molecule is Cl.NCC=C(F)Cn1c(C(F)(F)F)nc2c(-c3cccc(S(=O)(=O)NC4CC4)c3)cccc21. The van der Waals surface area contributed by atoms with Crippen molar-refractivity contribution in [2.75, 3.05) is 6.54 Å². The standard InChI is InChI=1S/C21H20F4N4O2S.ClH/c22-14(9-10-26)12-29-18-6-2-5-17(19(18)27-20(29)21(23,24)25)13-3-1-4-16(11-13)32(30,31)28-15-7-8-15;/h1-6,9,11,15,28H,7-8,10,12,26H2;1H. The number of alkyl halides is 3. The Kier molecular flexibility index (Phi) is 7.18. The van der Waals surface area contributed by atoms with Gasteiger partial charge < -0.3 is 10.3 Å². The molecule has 2 aromatic carbocycles. The van der Waals surface area contributed by atoms with Crippen molar-refractivity contribution in [1.82, 2.24) is 14.3 Å². The monoisotopic (exact) mass is 504 g/mol. The third-order valence-corrected chi connectivity index (χ3v) is 6.55. The van der Waals surface area contributed by atoms with Gasteiger partial charge in [-0.1, -0.05) is 24.3 Å². The zero-order valence-corrected chi connectivity index (χ0v) is 18.8. The molecule has 0 spiro atoms. The average Bonchev–Trinajstić information content (AvgIpc) is 3.45. The molecule has 1 aliphatic rings. The maximum atomic E-state index is 14.1. The summed E-state index contributed by atoms with van der Waals surface area (Å²) in [6.45, 7) is -0.826. The predicted molar refractivity (Wildman–Crippen MR) is 119 cm³/mol. The first-order valence-corrected chi connectivity index (χ1v) is 11.3. The van der Waals surface area contributed by atoms with Gasteiger partial charge in [-0.15, -0.1) is 12.4 Å². The Labute approximate surface area is 193 Å². The van der Waals surface area contributed by atoms with Gasteiger partial charge in [0.25, 0.3) is 0 Å². The van der Waals surface area contributed by atoms with Gasteiger partial charge in [0.1, 0.15) is 5.83 Å². The van der Waals surface area contributed by atoms with Crippen molar-refractivity contribution in [3.05, 3.63) is 60.2 Å². The number of sulfonamides is 1. The molecule has 0 aliphatic heterocycles. The first-order chi connectivity index (χ1) is 15.1. The van der Waals surface area contributed by atoms with E-state index in [9.17, 15) is 26.0 Å². The second kappa shape index (κ2) is 9.41. The molecule has 1 saturated carbocycles. The van der Waals surface area contributed by atoms with Crippen molar-refractivity contribution < 1.29 is 26.0 Å². The lowest BCUT2D eigenvalue weighted by atomic mass is 10.0. The number of nitrogens with two attached hydrogens (primary N) is 1. The highest BCUT2D eigenvalue weighted by Gasteiger charge is 2.38. The minimum absolute atomic E-state index is 0. The van der Waals surface area contributed by atoms with Crippen molar-refractivity contribution in [3.63, 3.8) is 0 Å². The zero-order chi connectivity index (χ0) is 23.1. The molecular weight excluding hydrogens is 484 g/mol. The number of imidazole rings is 1. The fourth-order valence-corrected chi connectivity index (χ4v) is 4.77. The number of halogens is 5. The van der Waals surface area contributed by atoms with E-state index in [0.717, 1.165) is 23.5 Å². The van der Waals surface area contributed by atoms with E-state index in [1.54, 1.807) is 12.1 Å². The number of nitrogens with zero attached hydrogens (tertiary/aromatic N) is 2. The Morgan fingerprint density at radius 1 is 1.21 bits per heavy atom. The summed E-state index contributed by atoms with van der Waals surface area (Å²) in [7, 11) is -3.75. The maximum absolute atomic E-state index is 14.1. The lowest BCUT2D eigenvalue weighted by Gasteiger charge is -2.10. The highest BCUT2D eigenvalue weighted by atomic mass is 35.5. The van der Waals surface area contributed by atoms with Crippen molar-refractivity contribution in [3.8, 4) is 11.1 Å². The number of para-hydroxylation sites is 1. The molecule has 0 radical (unpaired) electrons. The Morgan fingerprint density at radius 2 is 1.91 bits per heavy atom. The van der Waals surface area contributed by atoms with Crippen molar-refractivity contribution in [2.24, 2.45) is 5.73 Å². The second-order valence-corrected chi connectivity index (χ2v) is 9.22. The summed E-state index contributed by atoms with van der Waals surface area (Å²) in [6, 6.07) is 10.3. The number of hydrogen-bond donors (Lipinski definition) is 2. The molecule has 0 saturated heterocycles. The van der Waals surface area contributed by atoms with E-state index in [1.165, 1.54) is 30.3 Å². The average molecular weight is 505 g/mol. The lowest BCUT2D eigenvalue weighted by Crippen LogP contribution is -2.25. The molecule has 12 heteroatoms. The minimum Gasteiger partial charge on any atom is -0.327 e. The summed E-state index contributed by atoms with van der Waals surface area (Å²) in [6.07, 6.45) is -2.29. The quantitative estimate of drug-likeness (QED) is 0.467. The summed E-state index contributed by atoms with van der Waals surface area (Å²) < 4.78 is 83.5. The lowest BCUT2D eigenvalue weighted by molar-refractivity contribution is -0.146. The van der Waals surface area contributed by atoms with Crippen LogP contribution in [0.5, 0.6) is 0 Å². The highest BCUT2D eigenvalue weighted by Crippen LogP contribution is 2.36. The maximum Gasteiger partial charge on any atom is 0.449 e. The molecule has 0 unspecified atom stereocenters. The fraction of sp³-hybridized carbons (Fsp3) is 0.286. The van der Waals surface area contributed by atoms with E-state index in [-0.39, 0.29) is 40.9 Å². The van der Waals surface area contributed by atoms with Crippen LogP contribution in [0.15, 0.2) is 59.3 Å². The molecule has 0 bridgehead atoms. The predicted octanol–water partition coefficient (Wildman–Crippen LogP) is 4.40. The van der Waals surface area contributed by atoms with Gasteiger partial charge >= 0.3 is 6.18 Å². The third kappa shape index (κ3) is 5.37. The molecule has 178 valence electrons. The van der Waals surface area contributed by atoms with Gasteiger partial charge in [0.15, 0.2) is 0 Å². The summed E-state index contributed by atoms with van der Waals surface area (Å²) in [5.41, 5.74) is 6.00. The van der Waals surface area contributed by atoms with E-state index in [4.69, 9.17) is 5.73 Å². The highest BCUT2D eigenvalue weighted by molar-refractivity contribution is 7.89. The molecule has 33 heavy (non-hydrogen) atoms. The van der Waals surface area contributed by atoms with E-state index >= 15 is 0 Å². The number of hydrogen-bond acceptors (Lipinski definition) is 4. The molecule has 1 fully saturated rings. The fourth-order valence-electron chi connectivity index (χ4n) is 3.42. The molecule has 1 aliphatic carbocycles. The Morgan fingerprint density at radius 3 is 2.55 bits per heavy atom. The molecule has 4 rings (SSSR count). The first-order valence-electron chi connectivity index (χ1n) is 9.84. The van der Waals surface area contributed by atoms with Crippen molar-refractivity contribution in [1.29, 1.82) is 0 Å². The van der Waals surface area contributed by atoms with Crippen LogP contribution in [0.1, 0.15) is 18.7 Å². The van der Waals surface area contributed by atoms with E-state index in [1.807, 2.05) is 0 Å². The van der Waals surface area contributed by atoms with E-state index in [2.05, 4.69) is 9.71 Å². The van der Waals surface area contributed by atoms with Crippen LogP contribution in [-0.4, -0.2) is 30.6 Å². The van der Waals surface area contributed by atoms with Crippen LogP contribution in [-0.2, 0) is 22.7 Å². The number of allylic oxidation sites excluding steroid dienone is 1. The first kappa shape index (κ1) is 25.2. The zero-order valence-electron chi connectivity index (χ0n) is 17.1. The van der Waals surface area contributed by atoms with Gasteiger partial charge in [-0.3, -0.25) is 0 Å². The number of nitrogens with one attached hydrogen (secondary N) is 1. The van der Waals surface area contributed by atoms with E-state index < -0.39 is 34.4 Å². The topological polar surface area (TPSA) is 90.0 Å². The number of benzene rings is 2. The molecule has 3 aromatic rings. The molecule has 0 atom stereocenters. The van der Waals surface area contributed by atoms with Gasteiger partial charge in [-0.05, 0) is 42.7 Å². The Bertz CT molecular complexity index is 1300. The molecule has 1 aromatic heterocycles. The van der Waals surface area contributed by atoms with E-state index in [0.29, 0.717) is 11.1 Å². The third-order valence-electron chi connectivity index (χ3n) is 5.04. The van der Waals surface area contributed by atoms with Gasteiger partial charge in [0, 0.05) is 18.2 Å². The van der Waals surface area contributed by atoms with Crippen LogP contribution in [0.25, 0.3) is 22.2 Å². The molecular formula is C21H21ClF4N4O2S. The number of fused-ring (bicyclic) bond motifs is 1. The van der Waals surface area contributed by atoms with Gasteiger partial charge in [0.05, 0.1) is 22.5 Å². The summed E-state index contributed by atoms with van der Waals surface area (Å²) in [4.78, 5) is 3.78. The normalized spacial score (nSPS) is 15.0. The van der Waals surface area contributed by atoms with Gasteiger partial charge in [-0.2, -0.15) is 13.2 Å². The van der Waals surface area contributed by atoms with Crippen LogP contribution in [0.2, 0.25) is 0 Å². The summed E-state index contributed by atoms with van der Waals surface area (Å²) in [5, 5.41) is 0. The second-order valence-electron chi connectivity index (χ2n) is 7.50. The van der Waals surface area contributed by atoms with Crippen LogP contribution in [0.3, 0.4) is 0 Å². The van der Waals surface area contributed by atoms with Crippen LogP contribution >= 0.6 is 12.4 Å². The van der Waals surface area contributed by atoms with Crippen LogP contribution in [0.4, 0.5) is 17.6 Å². The van der Waals surface area contributed by atoms with Gasteiger partial charge in [0.2, 0.25) is 15.8 Å². The summed E-state index contributed by atoms with van der Waals surface area (Å²) in [5.74, 6) is -2.07. The van der Waals surface area contributed by atoms with Gasteiger partial charge in [-0.25, -0.2) is 22.5 Å².